The first-order valence-electron chi connectivity index (χ1n) is 35.1. The van der Waals surface area contributed by atoms with Crippen molar-refractivity contribution < 1.29 is 28.6 Å². The Morgan fingerprint density at radius 1 is 0.253 bits per heavy atom. The zero-order valence-corrected chi connectivity index (χ0v) is 53.2. The first-order chi connectivity index (χ1) is 39.0. The molecule has 6 heteroatoms. The van der Waals surface area contributed by atoms with Crippen molar-refractivity contribution in [3.63, 3.8) is 0 Å². The molecule has 0 radical (unpaired) electrons. The predicted molar refractivity (Wildman–Crippen MR) is 344 cm³/mol. The van der Waals surface area contributed by atoms with Gasteiger partial charge >= 0.3 is 17.9 Å². The summed E-state index contributed by atoms with van der Waals surface area (Å²) in [6.45, 7) is 6.68. The number of allylic oxidation sites excluding steroid dienone is 8. The molecule has 0 rings (SSSR count). The third-order valence-corrected chi connectivity index (χ3v) is 15.8. The molecule has 1 unspecified atom stereocenters. The topological polar surface area (TPSA) is 78.9 Å². The first kappa shape index (κ1) is 76.4. The molecule has 0 bridgehead atoms. The Labute approximate surface area is 492 Å². The number of hydrogen-bond donors (Lipinski definition) is 0. The van der Waals surface area contributed by atoms with Gasteiger partial charge in [0.2, 0.25) is 0 Å². The minimum absolute atomic E-state index is 0.0738. The van der Waals surface area contributed by atoms with Crippen molar-refractivity contribution in [1.29, 1.82) is 0 Å². The van der Waals surface area contributed by atoms with Crippen LogP contribution in [0.2, 0.25) is 0 Å². The quantitative estimate of drug-likeness (QED) is 0.0261. The van der Waals surface area contributed by atoms with E-state index < -0.39 is 6.10 Å². The summed E-state index contributed by atoms with van der Waals surface area (Å²) in [7, 11) is 0. The van der Waals surface area contributed by atoms with Crippen LogP contribution in [-0.2, 0) is 28.6 Å². The normalized spacial score (nSPS) is 12.3. The molecular weight excluding hydrogens is 973 g/mol. The van der Waals surface area contributed by atoms with Gasteiger partial charge in [-0.2, -0.15) is 0 Å². The number of hydrogen-bond acceptors (Lipinski definition) is 6. The van der Waals surface area contributed by atoms with E-state index in [1.54, 1.807) is 0 Å². The number of rotatable bonds is 65. The summed E-state index contributed by atoms with van der Waals surface area (Å²) in [6, 6.07) is 0. The molecule has 0 aromatic heterocycles. The van der Waals surface area contributed by atoms with Gasteiger partial charge in [-0.25, -0.2) is 0 Å². The lowest BCUT2D eigenvalue weighted by Crippen LogP contribution is -2.30. The van der Waals surface area contributed by atoms with Gasteiger partial charge < -0.3 is 14.2 Å². The molecule has 0 aromatic carbocycles. The lowest BCUT2D eigenvalue weighted by atomic mass is 10.0. The standard InChI is InChI=1S/C73H134O6/c1-4-7-10-13-16-19-22-25-28-30-32-34-36-37-38-40-41-43-45-48-51-54-57-60-63-66-72(75)78-69-70(68-77-71(74)65-62-59-56-53-50-47-27-24-21-18-15-12-9-6-3)79-73(76)67-64-61-58-55-52-49-46-44-42-39-35-33-31-29-26-23-20-17-14-11-8-5-2/h22,24-25,27,30,32,36-37,70H,4-21,23,26,28-29,31,33-35,38-69H2,1-3H3/b25-22-,27-24-,32-30-,37-36-. The van der Waals surface area contributed by atoms with Crippen LogP contribution in [0.1, 0.15) is 380 Å². The van der Waals surface area contributed by atoms with Crippen LogP contribution in [0.25, 0.3) is 0 Å². The van der Waals surface area contributed by atoms with Crippen LogP contribution in [0.15, 0.2) is 48.6 Å². The second-order valence-electron chi connectivity index (χ2n) is 23.8. The van der Waals surface area contributed by atoms with Crippen molar-refractivity contribution >= 4 is 17.9 Å². The largest absolute Gasteiger partial charge is 0.462 e. The van der Waals surface area contributed by atoms with E-state index in [0.717, 1.165) is 77.0 Å². The highest BCUT2D eigenvalue weighted by molar-refractivity contribution is 5.71. The van der Waals surface area contributed by atoms with E-state index in [-0.39, 0.29) is 31.1 Å². The predicted octanol–water partition coefficient (Wildman–Crippen LogP) is 24.1. The van der Waals surface area contributed by atoms with Crippen molar-refractivity contribution in [2.75, 3.05) is 13.2 Å². The van der Waals surface area contributed by atoms with Crippen LogP contribution < -0.4 is 0 Å². The zero-order valence-electron chi connectivity index (χ0n) is 53.2. The Morgan fingerprint density at radius 2 is 0.456 bits per heavy atom. The van der Waals surface area contributed by atoms with E-state index in [4.69, 9.17) is 14.2 Å². The highest BCUT2D eigenvalue weighted by Crippen LogP contribution is 2.18. The molecule has 6 nitrogen and oxygen atoms in total. The molecule has 0 aliphatic heterocycles. The van der Waals surface area contributed by atoms with E-state index >= 15 is 0 Å². The van der Waals surface area contributed by atoms with Gasteiger partial charge in [-0.15, -0.1) is 0 Å². The minimum atomic E-state index is -0.777. The fraction of sp³-hybridized carbons (Fsp3) is 0.849. The molecule has 1 atom stereocenters. The number of carbonyl (C=O) groups excluding carboxylic acids is 3. The van der Waals surface area contributed by atoms with Gasteiger partial charge in [0.25, 0.3) is 0 Å². The molecule has 0 heterocycles. The maximum Gasteiger partial charge on any atom is 0.306 e. The number of esters is 3. The summed E-state index contributed by atoms with van der Waals surface area (Å²) >= 11 is 0. The Morgan fingerprint density at radius 3 is 0.722 bits per heavy atom. The molecule has 0 aliphatic rings. The number of carbonyl (C=O) groups is 3. The van der Waals surface area contributed by atoms with Gasteiger partial charge in [-0.3, -0.25) is 14.4 Å². The van der Waals surface area contributed by atoms with E-state index in [0.29, 0.717) is 19.3 Å². The molecule has 79 heavy (non-hydrogen) atoms. The lowest BCUT2D eigenvalue weighted by molar-refractivity contribution is -0.167. The average molecular weight is 1110 g/mol. The van der Waals surface area contributed by atoms with Gasteiger partial charge in [0, 0.05) is 19.3 Å². The van der Waals surface area contributed by atoms with Crippen LogP contribution >= 0.6 is 0 Å². The molecule has 0 N–H and O–H groups in total. The van der Waals surface area contributed by atoms with E-state index in [2.05, 4.69) is 69.4 Å². The van der Waals surface area contributed by atoms with Gasteiger partial charge in [-0.1, -0.05) is 326 Å². The van der Waals surface area contributed by atoms with Crippen molar-refractivity contribution in [2.24, 2.45) is 0 Å². The van der Waals surface area contributed by atoms with Crippen LogP contribution in [0.4, 0.5) is 0 Å². The number of unbranched alkanes of at least 4 members (excludes halogenated alkanes) is 46. The van der Waals surface area contributed by atoms with Crippen LogP contribution in [0.5, 0.6) is 0 Å². The summed E-state index contributed by atoms with van der Waals surface area (Å²) in [4.78, 5) is 38.4. The SMILES string of the molecule is CCCCCCC/C=C\C/C=C\C/C=C\CCCCCCCCCCCCC(=O)OCC(COC(=O)CCCCCCC/C=C\CCCCCCC)OC(=O)CCCCCCCCCCCCCCCCCCCCCCCC. The summed E-state index contributed by atoms with van der Waals surface area (Å²) < 4.78 is 17.0. The molecule has 0 saturated carbocycles. The minimum Gasteiger partial charge on any atom is -0.462 e. The summed E-state index contributed by atoms with van der Waals surface area (Å²) in [5, 5.41) is 0. The third kappa shape index (κ3) is 66.1. The Balaban J connectivity index is 4.28. The van der Waals surface area contributed by atoms with Gasteiger partial charge in [-0.05, 0) is 83.5 Å². The molecule has 0 amide bonds. The van der Waals surface area contributed by atoms with E-state index in [1.807, 2.05) is 0 Å². The van der Waals surface area contributed by atoms with Crippen molar-refractivity contribution in [1.82, 2.24) is 0 Å². The smallest absolute Gasteiger partial charge is 0.306 e. The Kier molecular flexibility index (Phi) is 65.6. The van der Waals surface area contributed by atoms with Gasteiger partial charge in [0.1, 0.15) is 13.2 Å². The third-order valence-electron chi connectivity index (χ3n) is 15.8. The van der Waals surface area contributed by atoms with Gasteiger partial charge in [0.15, 0.2) is 6.10 Å². The highest BCUT2D eigenvalue weighted by Gasteiger charge is 2.19. The molecule has 0 fully saturated rings. The average Bonchev–Trinajstić information content (AvgIpc) is 3.45. The summed E-state index contributed by atoms with van der Waals surface area (Å²) in [5.41, 5.74) is 0. The molecule has 0 aliphatic carbocycles. The highest BCUT2D eigenvalue weighted by atomic mass is 16.6. The van der Waals surface area contributed by atoms with Crippen LogP contribution in [0.3, 0.4) is 0 Å². The van der Waals surface area contributed by atoms with Crippen molar-refractivity contribution in [3.05, 3.63) is 48.6 Å². The summed E-state index contributed by atoms with van der Waals surface area (Å²) in [6.07, 6.45) is 85.6. The molecule has 0 saturated heterocycles. The van der Waals surface area contributed by atoms with E-state index in [9.17, 15) is 14.4 Å². The van der Waals surface area contributed by atoms with Crippen molar-refractivity contribution in [3.8, 4) is 0 Å². The monoisotopic (exact) mass is 1110 g/mol. The van der Waals surface area contributed by atoms with E-state index in [1.165, 1.54) is 263 Å². The molecule has 0 spiro atoms. The Hall–Kier alpha value is -2.63. The Bertz CT molecular complexity index is 1360. The maximum absolute atomic E-state index is 13.0. The lowest BCUT2D eigenvalue weighted by Gasteiger charge is -2.18. The molecule has 0 aromatic rings. The fourth-order valence-electron chi connectivity index (χ4n) is 10.5. The van der Waals surface area contributed by atoms with Crippen LogP contribution in [0, 0.1) is 0 Å². The first-order valence-corrected chi connectivity index (χ1v) is 35.1. The second kappa shape index (κ2) is 67.9. The fourth-order valence-corrected chi connectivity index (χ4v) is 10.5. The zero-order chi connectivity index (χ0) is 57.1. The van der Waals surface area contributed by atoms with Crippen LogP contribution in [-0.4, -0.2) is 37.2 Å². The number of ether oxygens (including phenoxy) is 3. The summed E-state index contributed by atoms with van der Waals surface area (Å²) in [5.74, 6) is -0.860. The van der Waals surface area contributed by atoms with Gasteiger partial charge in [0.05, 0.1) is 0 Å². The van der Waals surface area contributed by atoms with Crippen molar-refractivity contribution in [2.45, 2.75) is 386 Å². The molecular formula is C73H134O6. The second-order valence-corrected chi connectivity index (χ2v) is 23.8. The maximum atomic E-state index is 13.0. The molecule has 462 valence electrons.